The summed E-state index contributed by atoms with van der Waals surface area (Å²) in [6.07, 6.45) is 0. The smallest absolute Gasteiger partial charge is 0.0736 e. The monoisotopic (exact) mass is 179 g/mol. The summed E-state index contributed by atoms with van der Waals surface area (Å²) in [6.45, 7) is 5.67. The zero-order chi connectivity index (χ0) is 9.68. The third kappa shape index (κ3) is 3.47. The molecule has 0 aliphatic heterocycles. The van der Waals surface area contributed by atoms with E-state index in [0.717, 1.165) is 17.9 Å². The van der Waals surface area contributed by atoms with Crippen molar-refractivity contribution in [1.82, 2.24) is 0 Å². The fourth-order valence-electron chi connectivity index (χ4n) is 1.07. The molecular formula is C11H17NO. The summed E-state index contributed by atoms with van der Waals surface area (Å²) in [4.78, 5) is 0. The molecule has 13 heavy (non-hydrogen) atoms. The summed E-state index contributed by atoms with van der Waals surface area (Å²) in [5.74, 6) is 0.574. The van der Waals surface area contributed by atoms with E-state index in [2.05, 4.69) is 13.8 Å². The SMILES string of the molecule is CC(C)COCc1ccccc1N. The van der Waals surface area contributed by atoms with Gasteiger partial charge in [0.15, 0.2) is 0 Å². The van der Waals surface area contributed by atoms with E-state index in [1.807, 2.05) is 24.3 Å². The minimum Gasteiger partial charge on any atom is -0.398 e. The van der Waals surface area contributed by atoms with Crippen molar-refractivity contribution in [1.29, 1.82) is 0 Å². The quantitative estimate of drug-likeness (QED) is 0.720. The Hall–Kier alpha value is -1.02. The number of ether oxygens (including phenoxy) is 1. The fraction of sp³-hybridized carbons (Fsp3) is 0.455. The van der Waals surface area contributed by atoms with E-state index in [9.17, 15) is 0 Å². The zero-order valence-electron chi connectivity index (χ0n) is 8.29. The van der Waals surface area contributed by atoms with Crippen molar-refractivity contribution in [3.05, 3.63) is 29.8 Å². The predicted molar refractivity (Wildman–Crippen MR) is 55.3 cm³/mol. The van der Waals surface area contributed by atoms with Crippen LogP contribution in [-0.4, -0.2) is 6.61 Å². The van der Waals surface area contributed by atoms with Crippen molar-refractivity contribution in [3.63, 3.8) is 0 Å². The van der Waals surface area contributed by atoms with Gasteiger partial charge in [0.05, 0.1) is 6.61 Å². The third-order valence-electron chi connectivity index (χ3n) is 1.76. The second kappa shape index (κ2) is 4.87. The average Bonchev–Trinajstić information content (AvgIpc) is 2.08. The van der Waals surface area contributed by atoms with Crippen LogP contribution in [0.4, 0.5) is 5.69 Å². The van der Waals surface area contributed by atoms with E-state index in [1.54, 1.807) is 0 Å². The summed E-state index contributed by atoms with van der Waals surface area (Å²) in [6, 6.07) is 7.80. The van der Waals surface area contributed by atoms with Crippen molar-refractivity contribution in [2.24, 2.45) is 5.92 Å². The summed E-state index contributed by atoms with van der Waals surface area (Å²) in [7, 11) is 0. The van der Waals surface area contributed by atoms with Gasteiger partial charge in [-0.1, -0.05) is 32.0 Å². The Morgan fingerprint density at radius 3 is 2.62 bits per heavy atom. The van der Waals surface area contributed by atoms with Crippen LogP contribution in [0.5, 0.6) is 0 Å². The zero-order valence-corrected chi connectivity index (χ0v) is 8.29. The minimum atomic E-state index is 0.574. The van der Waals surface area contributed by atoms with Crippen molar-refractivity contribution < 1.29 is 4.74 Å². The molecular weight excluding hydrogens is 162 g/mol. The highest BCUT2D eigenvalue weighted by Crippen LogP contribution is 2.11. The lowest BCUT2D eigenvalue weighted by molar-refractivity contribution is 0.0974. The van der Waals surface area contributed by atoms with Gasteiger partial charge >= 0.3 is 0 Å². The first kappa shape index (κ1) is 10.1. The molecule has 0 spiro atoms. The summed E-state index contributed by atoms with van der Waals surface area (Å²) < 4.78 is 5.48. The van der Waals surface area contributed by atoms with E-state index in [0.29, 0.717) is 12.5 Å². The van der Waals surface area contributed by atoms with Gasteiger partial charge in [0.1, 0.15) is 0 Å². The molecule has 0 saturated carbocycles. The molecule has 0 atom stereocenters. The topological polar surface area (TPSA) is 35.2 Å². The average molecular weight is 179 g/mol. The molecule has 0 aliphatic carbocycles. The van der Waals surface area contributed by atoms with E-state index in [1.165, 1.54) is 0 Å². The molecule has 72 valence electrons. The van der Waals surface area contributed by atoms with Gasteiger partial charge in [-0.05, 0) is 12.0 Å². The van der Waals surface area contributed by atoms with Gasteiger partial charge in [-0.15, -0.1) is 0 Å². The Labute approximate surface area is 79.7 Å². The Kier molecular flexibility index (Phi) is 3.77. The maximum Gasteiger partial charge on any atom is 0.0736 e. The standard InChI is InChI=1S/C11H17NO/c1-9(2)7-13-8-10-5-3-4-6-11(10)12/h3-6,9H,7-8,12H2,1-2H3. The molecule has 0 aromatic heterocycles. The highest BCUT2D eigenvalue weighted by molar-refractivity contribution is 5.45. The number of anilines is 1. The van der Waals surface area contributed by atoms with Crippen molar-refractivity contribution >= 4 is 5.69 Å². The van der Waals surface area contributed by atoms with Gasteiger partial charge in [-0.2, -0.15) is 0 Å². The van der Waals surface area contributed by atoms with Gasteiger partial charge in [0, 0.05) is 17.9 Å². The lowest BCUT2D eigenvalue weighted by atomic mass is 10.2. The number of nitrogens with two attached hydrogens (primary N) is 1. The number of hydrogen-bond acceptors (Lipinski definition) is 2. The molecule has 1 aromatic carbocycles. The van der Waals surface area contributed by atoms with Crippen molar-refractivity contribution in [2.45, 2.75) is 20.5 Å². The van der Waals surface area contributed by atoms with Crippen molar-refractivity contribution in [2.75, 3.05) is 12.3 Å². The molecule has 0 unspecified atom stereocenters. The van der Waals surface area contributed by atoms with Crippen LogP contribution in [0, 0.1) is 5.92 Å². The van der Waals surface area contributed by atoms with E-state index in [-0.39, 0.29) is 0 Å². The van der Waals surface area contributed by atoms with Crippen LogP contribution in [0.1, 0.15) is 19.4 Å². The first-order valence-electron chi connectivity index (χ1n) is 4.61. The molecule has 0 bridgehead atoms. The molecule has 1 rings (SSSR count). The Bertz CT molecular complexity index is 258. The minimum absolute atomic E-state index is 0.574. The Morgan fingerprint density at radius 1 is 1.31 bits per heavy atom. The summed E-state index contributed by atoms with van der Waals surface area (Å²) in [5, 5.41) is 0. The summed E-state index contributed by atoms with van der Waals surface area (Å²) in [5.41, 5.74) is 7.64. The number of para-hydroxylation sites is 1. The fourth-order valence-corrected chi connectivity index (χ4v) is 1.07. The van der Waals surface area contributed by atoms with Gasteiger partial charge in [-0.3, -0.25) is 0 Å². The van der Waals surface area contributed by atoms with E-state index < -0.39 is 0 Å². The molecule has 0 aliphatic rings. The first-order valence-corrected chi connectivity index (χ1v) is 4.61. The highest BCUT2D eigenvalue weighted by Gasteiger charge is 1.98. The Morgan fingerprint density at radius 2 is 2.00 bits per heavy atom. The molecule has 2 nitrogen and oxygen atoms in total. The maximum absolute atomic E-state index is 5.76. The third-order valence-corrected chi connectivity index (χ3v) is 1.76. The second-order valence-corrected chi connectivity index (χ2v) is 3.61. The highest BCUT2D eigenvalue weighted by atomic mass is 16.5. The van der Waals surface area contributed by atoms with Crippen LogP contribution in [0.25, 0.3) is 0 Å². The number of nitrogen functional groups attached to an aromatic ring is 1. The van der Waals surface area contributed by atoms with Gasteiger partial charge in [0.25, 0.3) is 0 Å². The van der Waals surface area contributed by atoms with Gasteiger partial charge in [-0.25, -0.2) is 0 Å². The Balaban J connectivity index is 2.41. The van der Waals surface area contributed by atoms with Crippen LogP contribution in [-0.2, 0) is 11.3 Å². The van der Waals surface area contributed by atoms with Crippen molar-refractivity contribution in [3.8, 4) is 0 Å². The predicted octanol–water partition coefficient (Wildman–Crippen LogP) is 2.44. The largest absolute Gasteiger partial charge is 0.398 e. The lowest BCUT2D eigenvalue weighted by Gasteiger charge is -2.08. The van der Waals surface area contributed by atoms with Crippen LogP contribution in [0.3, 0.4) is 0 Å². The van der Waals surface area contributed by atoms with Crippen LogP contribution in [0.15, 0.2) is 24.3 Å². The van der Waals surface area contributed by atoms with Crippen LogP contribution < -0.4 is 5.73 Å². The second-order valence-electron chi connectivity index (χ2n) is 3.61. The molecule has 0 radical (unpaired) electrons. The maximum atomic E-state index is 5.76. The molecule has 0 amide bonds. The molecule has 0 saturated heterocycles. The van der Waals surface area contributed by atoms with Gasteiger partial charge in [0.2, 0.25) is 0 Å². The molecule has 0 fully saturated rings. The van der Waals surface area contributed by atoms with Crippen LogP contribution >= 0.6 is 0 Å². The number of hydrogen-bond donors (Lipinski definition) is 1. The molecule has 2 heteroatoms. The van der Waals surface area contributed by atoms with Crippen LogP contribution in [0.2, 0.25) is 0 Å². The molecule has 0 heterocycles. The molecule has 2 N–H and O–H groups in total. The van der Waals surface area contributed by atoms with Gasteiger partial charge < -0.3 is 10.5 Å². The summed E-state index contributed by atoms with van der Waals surface area (Å²) >= 11 is 0. The number of benzene rings is 1. The first-order chi connectivity index (χ1) is 6.20. The number of rotatable bonds is 4. The normalized spacial score (nSPS) is 10.7. The van der Waals surface area contributed by atoms with E-state index >= 15 is 0 Å². The lowest BCUT2D eigenvalue weighted by Crippen LogP contribution is -2.03. The van der Waals surface area contributed by atoms with E-state index in [4.69, 9.17) is 10.5 Å². The molecule has 1 aromatic rings.